The van der Waals surface area contributed by atoms with Gasteiger partial charge in [0.05, 0.1) is 27.6 Å². The zero-order valence-corrected chi connectivity index (χ0v) is 21.9. The molecule has 0 aliphatic carbocycles. The van der Waals surface area contributed by atoms with Crippen LogP contribution in [0, 0.1) is 0 Å². The van der Waals surface area contributed by atoms with Crippen LogP contribution in [-0.2, 0) is 0 Å². The number of furan rings is 1. The second-order valence-corrected chi connectivity index (χ2v) is 11.1. The third kappa shape index (κ3) is 2.43. The molecule has 0 saturated carbocycles. The van der Waals surface area contributed by atoms with Gasteiger partial charge in [0.1, 0.15) is 11.2 Å². The lowest BCUT2D eigenvalue weighted by Crippen LogP contribution is -1.94. The van der Waals surface area contributed by atoms with Crippen molar-refractivity contribution in [3.05, 3.63) is 120 Å². The summed E-state index contributed by atoms with van der Waals surface area (Å²) in [6.45, 7) is 0. The van der Waals surface area contributed by atoms with Gasteiger partial charge in [-0.3, -0.25) is 0 Å². The second-order valence-electron chi connectivity index (χ2n) is 10.7. The number of fused-ring (bicyclic) bond motifs is 8. The van der Waals surface area contributed by atoms with Gasteiger partial charge in [0.2, 0.25) is 0 Å². The molecule has 10 aromatic rings. The number of hydrogen-bond acceptors (Lipinski definition) is 1. The Morgan fingerprint density at radius 3 is 2.02 bits per heavy atom. The number of para-hydroxylation sites is 2. The highest BCUT2D eigenvalue weighted by Gasteiger charge is 2.22. The molecule has 6 aromatic carbocycles. The highest BCUT2D eigenvalue weighted by atomic mass is 35.5. The Hall–Kier alpha value is -4.99. The Kier molecular flexibility index (Phi) is 3.74. The van der Waals surface area contributed by atoms with Gasteiger partial charge in [-0.2, -0.15) is 0 Å². The van der Waals surface area contributed by atoms with Gasteiger partial charge in [-0.1, -0.05) is 66.2 Å². The molecule has 4 heterocycles. The average molecular weight is 531 g/mol. The molecule has 0 aliphatic rings. The molecule has 40 heavy (non-hydrogen) atoms. The quantitative estimate of drug-likeness (QED) is 0.207. The van der Waals surface area contributed by atoms with Crippen molar-refractivity contribution in [3.63, 3.8) is 0 Å². The van der Waals surface area contributed by atoms with Crippen molar-refractivity contribution < 1.29 is 4.42 Å². The monoisotopic (exact) mass is 530 g/mol. The molecule has 0 fully saturated rings. The summed E-state index contributed by atoms with van der Waals surface area (Å²) in [5.74, 6) is 0. The highest BCUT2D eigenvalue weighted by molar-refractivity contribution is 6.36. The molecule has 0 unspecified atom stereocenters. The van der Waals surface area contributed by atoms with Crippen LogP contribution in [0.4, 0.5) is 0 Å². The number of benzene rings is 6. The fourth-order valence-electron chi connectivity index (χ4n) is 7.15. The van der Waals surface area contributed by atoms with E-state index in [1.807, 2.05) is 12.1 Å². The lowest BCUT2D eigenvalue weighted by atomic mass is 10.0. The predicted octanol–water partition coefficient (Wildman–Crippen LogP) is 10.5. The Labute approximate surface area is 232 Å². The van der Waals surface area contributed by atoms with E-state index in [-0.39, 0.29) is 0 Å². The Morgan fingerprint density at radius 2 is 1.12 bits per heavy atom. The molecule has 0 saturated heterocycles. The summed E-state index contributed by atoms with van der Waals surface area (Å²) >= 11 is 6.81. The van der Waals surface area contributed by atoms with E-state index in [0.29, 0.717) is 0 Å². The minimum Gasteiger partial charge on any atom is -0.456 e. The van der Waals surface area contributed by atoms with E-state index in [4.69, 9.17) is 16.0 Å². The van der Waals surface area contributed by atoms with E-state index in [2.05, 4.69) is 112 Å². The average Bonchev–Trinajstić information content (AvgIpc) is 3.61. The summed E-state index contributed by atoms with van der Waals surface area (Å²) in [7, 11) is 0. The van der Waals surface area contributed by atoms with Gasteiger partial charge >= 0.3 is 0 Å². The van der Waals surface area contributed by atoms with Crippen molar-refractivity contribution in [2.45, 2.75) is 0 Å². The van der Waals surface area contributed by atoms with Gasteiger partial charge in [0, 0.05) is 48.4 Å². The number of aromatic nitrogens is 2. The molecule has 186 valence electrons. The van der Waals surface area contributed by atoms with E-state index >= 15 is 0 Å². The van der Waals surface area contributed by atoms with Crippen LogP contribution in [0.5, 0.6) is 0 Å². The van der Waals surface area contributed by atoms with E-state index in [9.17, 15) is 0 Å². The van der Waals surface area contributed by atoms with Crippen molar-refractivity contribution in [2.75, 3.05) is 0 Å². The molecular formula is C36H19ClN2O. The third-order valence-corrected chi connectivity index (χ3v) is 8.90. The van der Waals surface area contributed by atoms with Gasteiger partial charge in [-0.15, -0.1) is 0 Å². The second kappa shape index (κ2) is 7.15. The van der Waals surface area contributed by atoms with Gasteiger partial charge in [0.15, 0.2) is 0 Å². The highest BCUT2D eigenvalue weighted by Crippen LogP contribution is 2.45. The SMILES string of the molecule is Clc1cc2c3cccc4c3c3c(cccc3n3c5ccccc5c(c1)c23)n4-c1ccc2oc3ccccc3c2c1. The zero-order chi connectivity index (χ0) is 26.1. The first-order valence-corrected chi connectivity index (χ1v) is 13.9. The van der Waals surface area contributed by atoms with Crippen LogP contribution in [-0.4, -0.2) is 8.97 Å². The number of hydrogen-bond donors (Lipinski definition) is 0. The first kappa shape index (κ1) is 20.9. The molecular weight excluding hydrogens is 512 g/mol. The predicted molar refractivity (Wildman–Crippen MR) is 168 cm³/mol. The maximum absolute atomic E-state index is 6.81. The third-order valence-electron chi connectivity index (χ3n) is 8.68. The minimum atomic E-state index is 0.751. The van der Waals surface area contributed by atoms with Gasteiger partial charge in [-0.25, -0.2) is 0 Å². The van der Waals surface area contributed by atoms with Crippen molar-refractivity contribution in [1.82, 2.24) is 8.97 Å². The summed E-state index contributed by atoms with van der Waals surface area (Å²) < 4.78 is 11.0. The summed E-state index contributed by atoms with van der Waals surface area (Å²) in [5, 5.41) is 10.3. The van der Waals surface area contributed by atoms with Gasteiger partial charge in [-0.05, 0) is 66.0 Å². The summed E-state index contributed by atoms with van der Waals surface area (Å²) in [4.78, 5) is 0. The van der Waals surface area contributed by atoms with Crippen molar-refractivity contribution in [3.8, 4) is 5.69 Å². The van der Waals surface area contributed by atoms with E-state index < -0.39 is 0 Å². The van der Waals surface area contributed by atoms with Crippen LogP contribution in [0.25, 0.3) is 87.5 Å². The Morgan fingerprint density at radius 1 is 0.475 bits per heavy atom. The molecule has 10 rings (SSSR count). The first-order chi connectivity index (χ1) is 19.8. The lowest BCUT2D eigenvalue weighted by molar-refractivity contribution is 0.669. The van der Waals surface area contributed by atoms with Gasteiger partial charge < -0.3 is 13.4 Å². The van der Waals surface area contributed by atoms with Crippen molar-refractivity contribution in [1.29, 1.82) is 0 Å². The summed E-state index contributed by atoms with van der Waals surface area (Å²) in [5.41, 5.74) is 8.87. The van der Waals surface area contributed by atoms with Crippen LogP contribution in [0.15, 0.2) is 120 Å². The summed E-state index contributed by atoms with van der Waals surface area (Å²) in [6.07, 6.45) is 0. The lowest BCUT2D eigenvalue weighted by Gasteiger charge is -2.09. The molecule has 0 spiro atoms. The fraction of sp³-hybridized carbons (Fsp3) is 0. The molecule has 0 N–H and O–H groups in total. The van der Waals surface area contributed by atoms with Crippen molar-refractivity contribution >= 4 is 93.4 Å². The maximum atomic E-state index is 6.81. The summed E-state index contributed by atoms with van der Waals surface area (Å²) in [6, 6.07) is 41.0. The number of nitrogens with zero attached hydrogens (tertiary/aromatic N) is 2. The van der Waals surface area contributed by atoms with Crippen LogP contribution in [0.3, 0.4) is 0 Å². The van der Waals surface area contributed by atoms with E-state index in [1.54, 1.807) is 0 Å². The first-order valence-electron chi connectivity index (χ1n) is 13.5. The molecule has 0 radical (unpaired) electrons. The number of halogens is 1. The normalized spacial score (nSPS) is 12.6. The molecule has 0 aliphatic heterocycles. The molecule has 3 nitrogen and oxygen atoms in total. The smallest absolute Gasteiger partial charge is 0.135 e. The molecule has 0 bridgehead atoms. The van der Waals surface area contributed by atoms with Crippen LogP contribution in [0.2, 0.25) is 5.02 Å². The fourth-order valence-corrected chi connectivity index (χ4v) is 7.37. The minimum absolute atomic E-state index is 0.751. The standard InChI is InChI=1S/C36H19ClN2O/c37-20-17-26-22-7-1-3-10-28(22)39-31-13-6-12-30-35(31)34-24(27(18-20)36(26)39)9-5-11-29(34)38(30)21-15-16-33-25(19-21)23-8-2-4-14-32(23)40-33/h1-19H. The Bertz CT molecular complexity index is 2670. The van der Waals surface area contributed by atoms with Crippen LogP contribution in [0.1, 0.15) is 0 Å². The molecule has 4 heteroatoms. The van der Waals surface area contributed by atoms with E-state index in [1.165, 1.54) is 54.5 Å². The molecule has 0 atom stereocenters. The van der Waals surface area contributed by atoms with Crippen molar-refractivity contribution in [2.24, 2.45) is 0 Å². The van der Waals surface area contributed by atoms with Crippen LogP contribution < -0.4 is 0 Å². The molecule has 4 aromatic heterocycles. The maximum Gasteiger partial charge on any atom is 0.135 e. The van der Waals surface area contributed by atoms with Crippen LogP contribution >= 0.6 is 11.6 Å². The number of rotatable bonds is 1. The molecule has 0 amide bonds. The van der Waals surface area contributed by atoms with E-state index in [0.717, 1.165) is 38.0 Å². The topological polar surface area (TPSA) is 22.5 Å². The zero-order valence-electron chi connectivity index (χ0n) is 21.2. The largest absolute Gasteiger partial charge is 0.456 e. The van der Waals surface area contributed by atoms with Gasteiger partial charge in [0.25, 0.3) is 0 Å². The Balaban J connectivity index is 1.47.